The number of aliphatic hydroxyl groups is 2. The fraction of sp³-hybridized carbons (Fsp3) is 0.960. The molecule has 0 aromatic carbocycles. The average molecular weight is 407 g/mol. The molecule has 0 saturated heterocycles. The second-order valence-electron chi connectivity index (χ2n) is 11.5. The van der Waals surface area contributed by atoms with Gasteiger partial charge in [-0.25, -0.2) is 0 Å². The van der Waals surface area contributed by atoms with Crippen molar-refractivity contribution in [2.75, 3.05) is 7.11 Å². The smallest absolute Gasteiger partial charge is 0.305 e. The van der Waals surface area contributed by atoms with Crippen molar-refractivity contribution in [3.63, 3.8) is 0 Å². The molecule has 29 heavy (non-hydrogen) atoms. The summed E-state index contributed by atoms with van der Waals surface area (Å²) in [6, 6.07) is 0. The molecule has 4 nitrogen and oxygen atoms in total. The van der Waals surface area contributed by atoms with E-state index >= 15 is 0 Å². The van der Waals surface area contributed by atoms with Gasteiger partial charge in [0, 0.05) is 6.42 Å². The van der Waals surface area contributed by atoms with Crippen LogP contribution in [0.2, 0.25) is 0 Å². The third kappa shape index (κ3) is 3.46. The van der Waals surface area contributed by atoms with Crippen LogP contribution in [0.15, 0.2) is 0 Å². The van der Waals surface area contributed by atoms with Crippen LogP contribution in [0.4, 0.5) is 0 Å². The van der Waals surface area contributed by atoms with Crippen LogP contribution in [0.1, 0.15) is 85.0 Å². The molecule has 4 heteroatoms. The highest BCUT2D eigenvalue weighted by Gasteiger charge is 2.62. The molecule has 4 fully saturated rings. The van der Waals surface area contributed by atoms with Crippen LogP contribution in [-0.4, -0.2) is 35.5 Å². The van der Waals surface area contributed by atoms with E-state index in [0.29, 0.717) is 47.3 Å². The van der Waals surface area contributed by atoms with Gasteiger partial charge >= 0.3 is 5.97 Å². The fourth-order valence-corrected chi connectivity index (χ4v) is 8.82. The summed E-state index contributed by atoms with van der Waals surface area (Å²) in [5.41, 5.74) is 0.577. The molecule has 0 unspecified atom stereocenters. The normalized spacial score (nSPS) is 50.2. The van der Waals surface area contributed by atoms with Crippen molar-refractivity contribution in [3.8, 4) is 0 Å². The maximum atomic E-state index is 11.6. The van der Waals surface area contributed by atoms with Gasteiger partial charge in [0.05, 0.1) is 19.3 Å². The van der Waals surface area contributed by atoms with Gasteiger partial charge in [0.25, 0.3) is 0 Å². The Kier molecular flexibility index (Phi) is 5.83. The number of carbonyl (C=O) groups is 1. The van der Waals surface area contributed by atoms with Crippen molar-refractivity contribution in [1.29, 1.82) is 0 Å². The summed E-state index contributed by atoms with van der Waals surface area (Å²) >= 11 is 0. The number of rotatable bonds is 4. The molecule has 4 aliphatic carbocycles. The number of hydrogen-bond acceptors (Lipinski definition) is 4. The molecule has 4 aliphatic rings. The topological polar surface area (TPSA) is 66.8 Å². The Labute approximate surface area is 176 Å². The Morgan fingerprint density at radius 2 is 1.72 bits per heavy atom. The molecule has 10 atom stereocenters. The van der Waals surface area contributed by atoms with E-state index in [0.717, 1.165) is 32.1 Å². The summed E-state index contributed by atoms with van der Waals surface area (Å²) in [6.45, 7) is 7.29. The van der Waals surface area contributed by atoms with Gasteiger partial charge in [-0.2, -0.15) is 0 Å². The molecule has 0 aliphatic heterocycles. The van der Waals surface area contributed by atoms with Crippen LogP contribution in [-0.2, 0) is 9.53 Å². The standard InChI is InChI=1S/C25H42O4/c1-15(5-8-22(28)29-4)18-6-7-19-23-20(10-12-25(18,19)3)24(2)11-9-17(26)13-16(24)14-21(23)27/h15-21,23,26-27H,5-14H2,1-4H3/t15-,16+,17-,18-,19+,20+,21+,23-,24+,25-/m1/s1. The second-order valence-corrected chi connectivity index (χ2v) is 11.5. The van der Waals surface area contributed by atoms with Crippen molar-refractivity contribution < 1.29 is 19.7 Å². The Morgan fingerprint density at radius 1 is 1.03 bits per heavy atom. The van der Waals surface area contributed by atoms with Gasteiger partial charge < -0.3 is 14.9 Å². The van der Waals surface area contributed by atoms with Crippen molar-refractivity contribution in [3.05, 3.63) is 0 Å². The second kappa shape index (κ2) is 7.82. The molecule has 0 amide bonds. The van der Waals surface area contributed by atoms with Crippen molar-refractivity contribution in [1.82, 2.24) is 0 Å². The third-order valence-corrected chi connectivity index (χ3v) is 10.4. The van der Waals surface area contributed by atoms with E-state index in [1.807, 2.05) is 0 Å². The zero-order valence-corrected chi connectivity index (χ0v) is 18.9. The van der Waals surface area contributed by atoms with Gasteiger partial charge in [-0.15, -0.1) is 0 Å². The highest BCUT2D eigenvalue weighted by atomic mass is 16.5. The number of carbonyl (C=O) groups excluding carboxylic acids is 1. The zero-order chi connectivity index (χ0) is 21.0. The van der Waals surface area contributed by atoms with Gasteiger partial charge in [0.2, 0.25) is 0 Å². The first kappa shape index (κ1) is 21.6. The minimum absolute atomic E-state index is 0.0959. The van der Waals surface area contributed by atoms with E-state index in [1.165, 1.54) is 32.8 Å². The van der Waals surface area contributed by atoms with E-state index in [-0.39, 0.29) is 23.6 Å². The predicted octanol–water partition coefficient (Wildman–Crippen LogP) is 4.57. The first-order valence-corrected chi connectivity index (χ1v) is 12.1. The molecule has 0 bridgehead atoms. The maximum absolute atomic E-state index is 11.6. The summed E-state index contributed by atoms with van der Waals surface area (Å²) in [5, 5.41) is 21.5. The summed E-state index contributed by atoms with van der Waals surface area (Å²) in [5.74, 6) is 3.17. The molecule has 0 aromatic heterocycles. The summed E-state index contributed by atoms with van der Waals surface area (Å²) in [4.78, 5) is 11.6. The zero-order valence-electron chi connectivity index (χ0n) is 18.9. The van der Waals surface area contributed by atoms with Crippen LogP contribution < -0.4 is 0 Å². The van der Waals surface area contributed by atoms with Crippen LogP contribution >= 0.6 is 0 Å². The van der Waals surface area contributed by atoms with Crippen LogP contribution in [0.25, 0.3) is 0 Å². The molecular weight excluding hydrogens is 364 g/mol. The first-order valence-electron chi connectivity index (χ1n) is 12.1. The molecule has 4 rings (SSSR count). The Hall–Kier alpha value is -0.610. The number of hydrogen-bond donors (Lipinski definition) is 2. The summed E-state index contributed by atoms with van der Waals surface area (Å²) in [6.07, 6.45) is 9.80. The van der Waals surface area contributed by atoms with E-state index in [1.54, 1.807) is 0 Å². The van der Waals surface area contributed by atoms with Crippen molar-refractivity contribution in [2.45, 2.75) is 97.2 Å². The molecule has 0 spiro atoms. The predicted molar refractivity (Wildman–Crippen MR) is 113 cm³/mol. The molecule has 2 N–H and O–H groups in total. The lowest BCUT2D eigenvalue weighted by Crippen LogP contribution is -2.58. The summed E-state index contributed by atoms with van der Waals surface area (Å²) in [7, 11) is 1.48. The molecule has 0 radical (unpaired) electrons. The van der Waals surface area contributed by atoms with Gasteiger partial charge in [-0.1, -0.05) is 20.8 Å². The van der Waals surface area contributed by atoms with Gasteiger partial charge in [0.1, 0.15) is 0 Å². The Bertz CT molecular complexity index is 620. The lowest BCUT2D eigenvalue weighted by atomic mass is 9.43. The van der Waals surface area contributed by atoms with Crippen LogP contribution in [0.5, 0.6) is 0 Å². The SMILES string of the molecule is COC(=O)CC[C@@H](C)[C@H]1CC[C@H]2[C@H]3[C@@H](O)C[C@@H]4C[C@H](O)CC[C@]4(C)[C@H]3CC[C@]12C. The van der Waals surface area contributed by atoms with Gasteiger partial charge in [0.15, 0.2) is 0 Å². The van der Waals surface area contributed by atoms with Crippen molar-refractivity contribution in [2.24, 2.45) is 46.3 Å². The van der Waals surface area contributed by atoms with E-state index in [9.17, 15) is 15.0 Å². The third-order valence-electron chi connectivity index (χ3n) is 10.4. The average Bonchev–Trinajstić information content (AvgIpc) is 3.04. The molecule has 166 valence electrons. The molecule has 0 heterocycles. The van der Waals surface area contributed by atoms with Crippen LogP contribution in [0.3, 0.4) is 0 Å². The molecular formula is C25H42O4. The lowest BCUT2D eigenvalue weighted by molar-refractivity contribution is -0.174. The fourth-order valence-electron chi connectivity index (χ4n) is 8.82. The first-order chi connectivity index (χ1) is 13.7. The van der Waals surface area contributed by atoms with Crippen LogP contribution in [0, 0.1) is 46.3 Å². The minimum Gasteiger partial charge on any atom is -0.469 e. The number of esters is 1. The van der Waals surface area contributed by atoms with Crippen molar-refractivity contribution >= 4 is 5.97 Å². The van der Waals surface area contributed by atoms with E-state index in [2.05, 4.69) is 20.8 Å². The molecule has 0 aromatic rings. The minimum atomic E-state index is -0.211. The van der Waals surface area contributed by atoms with Gasteiger partial charge in [-0.3, -0.25) is 4.79 Å². The highest BCUT2D eigenvalue weighted by molar-refractivity contribution is 5.69. The monoisotopic (exact) mass is 406 g/mol. The number of ether oxygens (including phenoxy) is 1. The van der Waals surface area contributed by atoms with E-state index in [4.69, 9.17) is 4.74 Å². The maximum Gasteiger partial charge on any atom is 0.305 e. The quantitative estimate of drug-likeness (QED) is 0.671. The lowest BCUT2D eigenvalue weighted by Gasteiger charge is -2.62. The summed E-state index contributed by atoms with van der Waals surface area (Å²) < 4.78 is 4.86. The number of fused-ring (bicyclic) bond motifs is 5. The largest absolute Gasteiger partial charge is 0.469 e. The van der Waals surface area contributed by atoms with Gasteiger partial charge in [-0.05, 0) is 104 Å². The van der Waals surface area contributed by atoms with E-state index < -0.39 is 0 Å². The molecule has 4 saturated carbocycles. The number of aliphatic hydroxyl groups excluding tert-OH is 2. The Balaban J connectivity index is 1.53. The number of methoxy groups -OCH3 is 1. The highest BCUT2D eigenvalue weighted by Crippen LogP contribution is 2.68. The Morgan fingerprint density at radius 3 is 2.45 bits per heavy atom.